The van der Waals surface area contributed by atoms with E-state index in [4.69, 9.17) is 4.52 Å². The molecule has 2 aromatic carbocycles. The average Bonchev–Trinajstić information content (AvgIpc) is 3.30. The minimum Gasteiger partial charge on any atom is -0.338 e. The van der Waals surface area contributed by atoms with E-state index >= 15 is 0 Å². The molecule has 5 rings (SSSR count). The van der Waals surface area contributed by atoms with Crippen LogP contribution in [0.5, 0.6) is 0 Å². The molecule has 1 fully saturated rings. The zero-order valence-corrected chi connectivity index (χ0v) is 16.8. The molecule has 0 spiro atoms. The summed E-state index contributed by atoms with van der Waals surface area (Å²) < 4.78 is 5.53. The first kappa shape index (κ1) is 18.5. The van der Waals surface area contributed by atoms with Crippen LogP contribution >= 0.6 is 0 Å². The van der Waals surface area contributed by atoms with Crippen molar-refractivity contribution in [2.75, 3.05) is 26.2 Å². The molecule has 3 aromatic rings. The van der Waals surface area contributed by atoms with Gasteiger partial charge in [-0.25, -0.2) is 0 Å². The average molecular weight is 389 g/mol. The topological polar surface area (TPSA) is 45.4 Å². The Morgan fingerprint density at radius 2 is 1.62 bits per heavy atom. The van der Waals surface area contributed by atoms with Gasteiger partial charge in [-0.05, 0) is 49.0 Å². The number of hydrogen-bond acceptors (Lipinski definition) is 5. The van der Waals surface area contributed by atoms with Crippen LogP contribution in [-0.4, -0.2) is 52.2 Å². The van der Waals surface area contributed by atoms with Crippen LogP contribution in [0.2, 0.25) is 0 Å². The third-order valence-electron chi connectivity index (χ3n) is 6.24. The van der Waals surface area contributed by atoms with E-state index in [1.807, 2.05) is 18.2 Å². The Bertz CT molecular complexity index is 914. The molecule has 29 heavy (non-hydrogen) atoms. The standard InChI is InChI=1S/C24H28N4O/c1-2-7-19(8-3-1)15-23-25-24(29-26-23)18-27-11-6-12-28(14-13-27)22-16-20-9-4-5-10-21(20)17-22/h1-5,7-10,22H,6,11-18H2. The third kappa shape index (κ3) is 4.41. The summed E-state index contributed by atoms with van der Waals surface area (Å²) >= 11 is 0. The first-order valence-electron chi connectivity index (χ1n) is 10.7. The molecule has 1 saturated heterocycles. The number of rotatable bonds is 5. The van der Waals surface area contributed by atoms with Gasteiger partial charge in [-0.1, -0.05) is 59.8 Å². The van der Waals surface area contributed by atoms with Gasteiger partial charge in [0.25, 0.3) is 0 Å². The number of fused-ring (bicyclic) bond motifs is 1. The SMILES string of the molecule is c1ccc(Cc2noc(CN3CCCN(C4Cc5ccccc5C4)CC3)n2)cc1. The van der Waals surface area contributed by atoms with Gasteiger partial charge >= 0.3 is 0 Å². The maximum atomic E-state index is 5.53. The van der Waals surface area contributed by atoms with Crippen molar-refractivity contribution in [2.24, 2.45) is 0 Å². The molecule has 5 heteroatoms. The van der Waals surface area contributed by atoms with E-state index in [0.29, 0.717) is 6.04 Å². The molecule has 5 nitrogen and oxygen atoms in total. The fourth-order valence-electron chi connectivity index (χ4n) is 4.70. The maximum absolute atomic E-state index is 5.53. The van der Waals surface area contributed by atoms with Crippen LogP contribution in [0.4, 0.5) is 0 Å². The largest absolute Gasteiger partial charge is 0.338 e. The van der Waals surface area contributed by atoms with E-state index in [1.165, 1.54) is 42.5 Å². The van der Waals surface area contributed by atoms with Gasteiger partial charge in [-0.15, -0.1) is 0 Å². The molecule has 0 atom stereocenters. The Hall–Kier alpha value is -2.50. The normalized spacial score (nSPS) is 18.6. The smallest absolute Gasteiger partial charge is 0.240 e. The highest BCUT2D eigenvalue weighted by atomic mass is 16.5. The number of hydrogen-bond donors (Lipinski definition) is 0. The van der Waals surface area contributed by atoms with Crippen LogP contribution in [0.3, 0.4) is 0 Å². The highest BCUT2D eigenvalue weighted by Crippen LogP contribution is 2.26. The predicted molar refractivity (Wildman–Crippen MR) is 113 cm³/mol. The molecular weight excluding hydrogens is 360 g/mol. The summed E-state index contributed by atoms with van der Waals surface area (Å²) in [5.74, 6) is 1.50. The minimum atomic E-state index is 0.660. The fourth-order valence-corrected chi connectivity index (χ4v) is 4.70. The van der Waals surface area contributed by atoms with Crippen molar-refractivity contribution < 1.29 is 4.52 Å². The van der Waals surface area contributed by atoms with Gasteiger partial charge in [0.05, 0.1) is 6.54 Å². The van der Waals surface area contributed by atoms with Crippen molar-refractivity contribution in [1.82, 2.24) is 19.9 Å². The van der Waals surface area contributed by atoms with Crippen LogP contribution < -0.4 is 0 Å². The summed E-state index contributed by atoms with van der Waals surface area (Å²) in [4.78, 5) is 9.77. The van der Waals surface area contributed by atoms with Gasteiger partial charge in [-0.2, -0.15) is 4.98 Å². The van der Waals surface area contributed by atoms with Crippen molar-refractivity contribution >= 4 is 0 Å². The third-order valence-corrected chi connectivity index (χ3v) is 6.24. The monoisotopic (exact) mass is 388 g/mol. The summed E-state index contributed by atoms with van der Waals surface area (Å²) in [5.41, 5.74) is 4.29. The minimum absolute atomic E-state index is 0.660. The van der Waals surface area contributed by atoms with Crippen molar-refractivity contribution in [2.45, 2.75) is 38.3 Å². The Morgan fingerprint density at radius 1 is 0.862 bits per heavy atom. The van der Waals surface area contributed by atoms with Crippen molar-refractivity contribution in [3.05, 3.63) is 83.0 Å². The van der Waals surface area contributed by atoms with Gasteiger partial charge in [0.2, 0.25) is 5.89 Å². The molecule has 1 aromatic heterocycles. The van der Waals surface area contributed by atoms with Crippen molar-refractivity contribution in [1.29, 1.82) is 0 Å². The molecule has 1 aliphatic carbocycles. The zero-order chi connectivity index (χ0) is 19.5. The summed E-state index contributed by atoms with van der Waals surface area (Å²) in [6.45, 7) is 5.19. The second-order valence-corrected chi connectivity index (χ2v) is 8.26. The first-order chi connectivity index (χ1) is 14.3. The molecule has 150 valence electrons. The molecule has 0 bridgehead atoms. The van der Waals surface area contributed by atoms with Crippen molar-refractivity contribution in [3.63, 3.8) is 0 Å². The zero-order valence-electron chi connectivity index (χ0n) is 16.8. The number of aromatic nitrogens is 2. The predicted octanol–water partition coefficient (Wildman–Crippen LogP) is 3.34. The lowest BCUT2D eigenvalue weighted by atomic mass is 10.1. The Kier molecular flexibility index (Phi) is 5.41. The van der Waals surface area contributed by atoms with Crippen LogP contribution in [0, 0.1) is 0 Å². The molecule has 0 saturated carbocycles. The van der Waals surface area contributed by atoms with E-state index in [9.17, 15) is 0 Å². The van der Waals surface area contributed by atoms with E-state index < -0.39 is 0 Å². The van der Waals surface area contributed by atoms with Crippen LogP contribution in [0.1, 0.15) is 34.8 Å². The highest BCUT2D eigenvalue weighted by molar-refractivity contribution is 5.33. The maximum Gasteiger partial charge on any atom is 0.240 e. The van der Waals surface area contributed by atoms with E-state index in [0.717, 1.165) is 44.3 Å². The van der Waals surface area contributed by atoms with Gasteiger partial charge in [0.15, 0.2) is 5.82 Å². The molecule has 0 radical (unpaired) electrons. The number of benzene rings is 2. The second-order valence-electron chi connectivity index (χ2n) is 8.26. The summed E-state index contributed by atoms with van der Waals surface area (Å²) in [6, 6.07) is 19.9. The summed E-state index contributed by atoms with van der Waals surface area (Å²) in [7, 11) is 0. The van der Waals surface area contributed by atoms with E-state index in [2.05, 4.69) is 56.3 Å². The lowest BCUT2D eigenvalue weighted by Crippen LogP contribution is -2.38. The Labute approximate surface area is 172 Å². The molecule has 2 aliphatic rings. The van der Waals surface area contributed by atoms with Gasteiger partial charge < -0.3 is 4.52 Å². The summed E-state index contributed by atoms with van der Waals surface area (Å²) in [5, 5.41) is 4.18. The van der Waals surface area contributed by atoms with Crippen molar-refractivity contribution in [3.8, 4) is 0 Å². The number of nitrogens with zero attached hydrogens (tertiary/aromatic N) is 4. The molecule has 0 unspecified atom stereocenters. The Balaban J connectivity index is 1.15. The van der Waals surface area contributed by atoms with Crippen LogP contribution in [-0.2, 0) is 25.8 Å². The lowest BCUT2D eigenvalue weighted by molar-refractivity contribution is 0.193. The van der Waals surface area contributed by atoms with Crippen LogP contribution in [0.25, 0.3) is 0 Å². The molecule has 0 amide bonds. The molecule has 0 N–H and O–H groups in total. The van der Waals surface area contributed by atoms with Gasteiger partial charge in [0.1, 0.15) is 0 Å². The second kappa shape index (κ2) is 8.47. The van der Waals surface area contributed by atoms with Gasteiger partial charge in [0, 0.05) is 25.6 Å². The fraction of sp³-hybridized carbons (Fsp3) is 0.417. The van der Waals surface area contributed by atoms with Gasteiger partial charge in [-0.3, -0.25) is 9.80 Å². The van der Waals surface area contributed by atoms with E-state index in [1.54, 1.807) is 0 Å². The quantitative estimate of drug-likeness (QED) is 0.671. The Morgan fingerprint density at radius 3 is 2.41 bits per heavy atom. The molecular formula is C24H28N4O. The first-order valence-corrected chi connectivity index (χ1v) is 10.7. The summed E-state index contributed by atoms with van der Waals surface area (Å²) in [6.07, 6.45) is 4.31. The lowest BCUT2D eigenvalue weighted by Gasteiger charge is -2.27. The molecule has 1 aliphatic heterocycles. The highest BCUT2D eigenvalue weighted by Gasteiger charge is 2.28. The molecule has 2 heterocycles. The van der Waals surface area contributed by atoms with E-state index in [-0.39, 0.29) is 0 Å². The van der Waals surface area contributed by atoms with Crippen LogP contribution in [0.15, 0.2) is 59.1 Å².